The fraction of sp³-hybridized carbons (Fsp3) is 0.238. The Kier molecular flexibility index (Phi) is 9.78. The van der Waals surface area contributed by atoms with Crippen molar-refractivity contribution >= 4 is 23.5 Å². The predicted molar refractivity (Wildman–Crippen MR) is 99.4 cm³/mol. The summed E-state index contributed by atoms with van der Waals surface area (Å²) in [6, 6.07) is 17.4. The molecule has 0 heterocycles. The molecule has 27 heavy (non-hydrogen) atoms. The molecule has 0 saturated heterocycles. The third-order valence-corrected chi connectivity index (χ3v) is 3.33. The maximum Gasteiger partial charge on any atom is 0.313 e. The molecule has 0 saturated carbocycles. The van der Waals surface area contributed by atoms with Gasteiger partial charge in [-0.3, -0.25) is 19.2 Å². The van der Waals surface area contributed by atoms with E-state index in [1.807, 2.05) is 12.1 Å². The van der Waals surface area contributed by atoms with Crippen LogP contribution in [0.15, 0.2) is 60.7 Å². The second kappa shape index (κ2) is 12.1. The van der Waals surface area contributed by atoms with Gasteiger partial charge in [0, 0.05) is 11.1 Å². The molecule has 0 aliphatic heterocycles. The topological polar surface area (TPSA) is 86.7 Å². The number of ether oxygens (including phenoxy) is 2. The van der Waals surface area contributed by atoms with Gasteiger partial charge >= 0.3 is 11.9 Å². The molecule has 0 fully saturated rings. The van der Waals surface area contributed by atoms with Gasteiger partial charge in [-0.05, 0) is 6.92 Å². The van der Waals surface area contributed by atoms with E-state index in [0.29, 0.717) is 17.7 Å². The van der Waals surface area contributed by atoms with Gasteiger partial charge in [0.2, 0.25) is 0 Å². The summed E-state index contributed by atoms with van der Waals surface area (Å²) in [5.74, 6) is -1.40. The van der Waals surface area contributed by atoms with Crippen molar-refractivity contribution in [2.45, 2.75) is 19.8 Å². The van der Waals surface area contributed by atoms with Crippen LogP contribution in [0.3, 0.4) is 0 Å². The zero-order valence-corrected chi connectivity index (χ0v) is 15.3. The second-order valence-corrected chi connectivity index (χ2v) is 5.31. The van der Waals surface area contributed by atoms with E-state index in [0.717, 1.165) is 0 Å². The van der Waals surface area contributed by atoms with Crippen molar-refractivity contribution in [3.8, 4) is 0 Å². The van der Waals surface area contributed by atoms with Gasteiger partial charge in [0.05, 0.1) is 13.7 Å². The first kappa shape index (κ1) is 21.8. The van der Waals surface area contributed by atoms with Crippen molar-refractivity contribution in [2.24, 2.45) is 0 Å². The van der Waals surface area contributed by atoms with Crippen LogP contribution in [0.1, 0.15) is 40.5 Å². The summed E-state index contributed by atoms with van der Waals surface area (Å²) >= 11 is 0. The highest BCUT2D eigenvalue weighted by molar-refractivity contribution is 6.06. The monoisotopic (exact) mass is 370 g/mol. The molecule has 0 unspecified atom stereocenters. The van der Waals surface area contributed by atoms with Crippen LogP contribution in [0.4, 0.5) is 0 Å². The minimum Gasteiger partial charge on any atom is -0.469 e. The van der Waals surface area contributed by atoms with E-state index in [2.05, 4.69) is 9.47 Å². The fourth-order valence-electron chi connectivity index (χ4n) is 2.00. The van der Waals surface area contributed by atoms with Crippen molar-refractivity contribution in [3.05, 3.63) is 71.8 Å². The van der Waals surface area contributed by atoms with Crippen LogP contribution in [-0.4, -0.2) is 37.2 Å². The van der Waals surface area contributed by atoms with Gasteiger partial charge in [-0.2, -0.15) is 0 Å². The highest BCUT2D eigenvalue weighted by atomic mass is 16.5. The number of hydrogen-bond acceptors (Lipinski definition) is 6. The molecule has 142 valence electrons. The Hall–Kier alpha value is -3.28. The lowest BCUT2D eigenvalue weighted by Gasteiger charge is -2.00. The average molecular weight is 370 g/mol. The van der Waals surface area contributed by atoms with Crippen LogP contribution >= 0.6 is 0 Å². The highest BCUT2D eigenvalue weighted by Crippen LogP contribution is 2.04. The minimum absolute atomic E-state index is 0.183. The molecule has 0 aliphatic rings. The fourth-order valence-corrected chi connectivity index (χ4v) is 2.00. The summed E-state index contributed by atoms with van der Waals surface area (Å²) in [5.41, 5.74) is 1.08. The second-order valence-electron chi connectivity index (χ2n) is 5.31. The van der Waals surface area contributed by atoms with Crippen LogP contribution in [0, 0.1) is 0 Å². The molecule has 0 aliphatic carbocycles. The summed E-state index contributed by atoms with van der Waals surface area (Å²) in [6.45, 7) is 2.02. The molecule has 2 aromatic carbocycles. The molecule has 0 amide bonds. The summed E-state index contributed by atoms with van der Waals surface area (Å²) in [4.78, 5) is 44.5. The molecule has 0 N–H and O–H groups in total. The van der Waals surface area contributed by atoms with Crippen LogP contribution in [-0.2, 0) is 19.1 Å². The lowest BCUT2D eigenvalue weighted by molar-refractivity contribution is -0.142. The predicted octanol–water partition coefficient (Wildman–Crippen LogP) is 3.25. The normalized spacial score (nSPS) is 9.41. The molecule has 2 aromatic rings. The Morgan fingerprint density at radius 1 is 0.704 bits per heavy atom. The summed E-state index contributed by atoms with van der Waals surface area (Å²) in [6.07, 6.45) is -0.377. The molecule has 0 aromatic heterocycles. The molecule has 0 bridgehead atoms. The first-order valence-electron chi connectivity index (χ1n) is 8.36. The number of carbonyl (C=O) groups is 4. The quantitative estimate of drug-likeness (QED) is 0.422. The van der Waals surface area contributed by atoms with E-state index >= 15 is 0 Å². The Labute approximate surface area is 158 Å². The van der Waals surface area contributed by atoms with E-state index in [9.17, 15) is 19.2 Å². The van der Waals surface area contributed by atoms with Gasteiger partial charge in [0.1, 0.15) is 12.8 Å². The van der Waals surface area contributed by atoms with Crippen LogP contribution in [0.5, 0.6) is 0 Å². The van der Waals surface area contributed by atoms with Gasteiger partial charge < -0.3 is 9.47 Å². The largest absolute Gasteiger partial charge is 0.469 e. The van der Waals surface area contributed by atoms with Crippen molar-refractivity contribution in [3.63, 3.8) is 0 Å². The van der Waals surface area contributed by atoms with Crippen LogP contribution in [0.25, 0.3) is 0 Å². The molecule has 0 radical (unpaired) electrons. The average Bonchev–Trinajstić information content (AvgIpc) is 2.69. The van der Waals surface area contributed by atoms with Crippen molar-refractivity contribution < 1.29 is 28.7 Å². The number of methoxy groups -OCH3 is 1. The highest BCUT2D eigenvalue weighted by Gasteiger charge is 2.11. The number of ketones is 2. The standard InChI is InChI=1S/C11H12O3.C10H10O3/c1-2-14-11(13)8-10(12)9-6-4-3-5-7-9;1-13-10(12)7-9(11)8-5-3-2-4-6-8/h3-7H,2,8H2,1H3;2-6H,7H2,1H3. The number of benzene rings is 2. The summed E-state index contributed by atoms with van der Waals surface area (Å²) < 4.78 is 9.06. The van der Waals surface area contributed by atoms with Gasteiger partial charge in [0.15, 0.2) is 11.6 Å². The molecule has 2 rings (SSSR count). The lowest BCUT2D eigenvalue weighted by atomic mass is 10.1. The van der Waals surface area contributed by atoms with Gasteiger partial charge in [0.25, 0.3) is 0 Å². The van der Waals surface area contributed by atoms with Gasteiger partial charge in [-0.15, -0.1) is 0 Å². The number of carbonyl (C=O) groups excluding carboxylic acids is 4. The summed E-state index contributed by atoms with van der Waals surface area (Å²) in [5, 5.41) is 0. The maximum atomic E-state index is 11.4. The Morgan fingerprint density at radius 3 is 1.48 bits per heavy atom. The number of rotatable bonds is 7. The van der Waals surface area contributed by atoms with Crippen molar-refractivity contribution in [1.29, 1.82) is 0 Å². The molecule has 0 atom stereocenters. The smallest absolute Gasteiger partial charge is 0.313 e. The van der Waals surface area contributed by atoms with E-state index < -0.39 is 11.9 Å². The zero-order valence-electron chi connectivity index (χ0n) is 15.3. The third kappa shape index (κ3) is 8.58. The Balaban J connectivity index is 0.000000271. The first-order valence-corrected chi connectivity index (χ1v) is 8.36. The number of Topliss-reactive ketones (excluding diaryl/α,β-unsaturated/α-hetero) is 2. The number of hydrogen-bond donors (Lipinski definition) is 0. The van der Waals surface area contributed by atoms with Crippen LogP contribution < -0.4 is 0 Å². The SMILES string of the molecule is CCOC(=O)CC(=O)c1ccccc1.COC(=O)CC(=O)c1ccccc1. The van der Waals surface area contributed by atoms with Crippen molar-refractivity contribution in [1.82, 2.24) is 0 Å². The third-order valence-electron chi connectivity index (χ3n) is 3.33. The lowest BCUT2D eigenvalue weighted by Crippen LogP contribution is -2.11. The molecular weight excluding hydrogens is 348 g/mol. The van der Waals surface area contributed by atoms with E-state index in [1.165, 1.54) is 7.11 Å². The first-order chi connectivity index (χ1) is 13.0. The number of esters is 2. The van der Waals surface area contributed by atoms with E-state index in [4.69, 9.17) is 0 Å². The van der Waals surface area contributed by atoms with E-state index in [1.54, 1.807) is 55.5 Å². The van der Waals surface area contributed by atoms with Gasteiger partial charge in [-0.1, -0.05) is 60.7 Å². The maximum absolute atomic E-state index is 11.4. The Bertz CT molecular complexity index is 753. The zero-order chi connectivity index (χ0) is 20.1. The minimum atomic E-state index is -0.506. The van der Waals surface area contributed by atoms with Crippen LogP contribution in [0.2, 0.25) is 0 Å². The van der Waals surface area contributed by atoms with Gasteiger partial charge in [-0.25, -0.2) is 0 Å². The molecule has 0 spiro atoms. The molecular formula is C21H22O6. The van der Waals surface area contributed by atoms with E-state index in [-0.39, 0.29) is 24.4 Å². The molecule has 6 nitrogen and oxygen atoms in total. The molecule has 6 heteroatoms. The van der Waals surface area contributed by atoms with Crippen molar-refractivity contribution in [2.75, 3.05) is 13.7 Å². The Morgan fingerprint density at radius 2 is 1.11 bits per heavy atom. The summed E-state index contributed by atoms with van der Waals surface area (Å²) in [7, 11) is 1.26.